The van der Waals surface area contributed by atoms with Crippen molar-refractivity contribution in [1.29, 1.82) is 0 Å². The molecule has 2 aliphatic heterocycles. The second-order valence-corrected chi connectivity index (χ2v) is 8.91. The van der Waals surface area contributed by atoms with Crippen LogP contribution < -0.4 is 15.4 Å². The number of aliphatic imine (C=N–C) groups is 1. The average molecular weight is 438 g/mol. The monoisotopic (exact) mass is 437 g/mol. The molecule has 8 nitrogen and oxygen atoms in total. The van der Waals surface area contributed by atoms with E-state index in [4.69, 9.17) is 9.73 Å². The van der Waals surface area contributed by atoms with E-state index in [2.05, 4.69) is 51.4 Å². The van der Waals surface area contributed by atoms with E-state index in [0.29, 0.717) is 19.2 Å². The van der Waals surface area contributed by atoms with Gasteiger partial charge in [-0.2, -0.15) is 0 Å². The van der Waals surface area contributed by atoms with E-state index >= 15 is 0 Å². The van der Waals surface area contributed by atoms with Gasteiger partial charge in [0, 0.05) is 44.7 Å². The van der Waals surface area contributed by atoms with Crippen LogP contribution in [0.2, 0.25) is 0 Å². The Hall–Kier alpha value is -2.87. The van der Waals surface area contributed by atoms with Gasteiger partial charge in [0.05, 0.1) is 12.6 Å². The number of nitrogens with one attached hydrogen (secondary N) is 2. The Morgan fingerprint density at radius 2 is 1.97 bits per heavy atom. The number of para-hydroxylation sites is 1. The number of ether oxygens (including phenoxy) is 1. The first-order valence-corrected chi connectivity index (χ1v) is 11.5. The van der Waals surface area contributed by atoms with Crippen molar-refractivity contribution in [3.63, 3.8) is 0 Å². The molecule has 0 aliphatic carbocycles. The maximum Gasteiger partial charge on any atom is 0.192 e. The van der Waals surface area contributed by atoms with Crippen LogP contribution in [0.4, 0.5) is 0 Å². The van der Waals surface area contributed by atoms with Crippen LogP contribution in [0.25, 0.3) is 0 Å². The van der Waals surface area contributed by atoms with Gasteiger partial charge in [-0.05, 0) is 32.8 Å². The zero-order valence-electron chi connectivity index (χ0n) is 19.5. The maximum absolute atomic E-state index is 5.84. The molecule has 2 aromatic rings. The summed E-state index contributed by atoms with van der Waals surface area (Å²) in [5.74, 6) is 3.52. The largest absolute Gasteiger partial charge is 0.493 e. The number of aryl methyl sites for hydroxylation is 1. The van der Waals surface area contributed by atoms with Gasteiger partial charge in [-0.1, -0.05) is 30.4 Å². The molecule has 1 aromatic carbocycles. The molecule has 3 heterocycles. The maximum atomic E-state index is 5.84. The molecule has 0 amide bonds. The Morgan fingerprint density at radius 1 is 1.19 bits per heavy atom. The zero-order chi connectivity index (χ0) is 22.5. The third-order valence-electron chi connectivity index (χ3n) is 6.25. The summed E-state index contributed by atoms with van der Waals surface area (Å²) in [4.78, 5) is 7.37. The van der Waals surface area contributed by atoms with Crippen molar-refractivity contribution < 1.29 is 4.74 Å². The first-order chi connectivity index (χ1) is 15.5. The number of hydrogen-bond acceptors (Lipinski definition) is 5. The molecule has 2 aliphatic rings. The van der Waals surface area contributed by atoms with E-state index in [-0.39, 0.29) is 6.04 Å². The molecule has 172 valence electrons. The highest BCUT2D eigenvalue weighted by atomic mass is 16.5. The van der Waals surface area contributed by atoms with E-state index in [1.807, 2.05) is 30.7 Å². The summed E-state index contributed by atoms with van der Waals surface area (Å²) < 4.78 is 7.83. The molecule has 32 heavy (non-hydrogen) atoms. The first-order valence-electron chi connectivity index (χ1n) is 11.5. The molecule has 1 fully saturated rings. The normalized spacial score (nSPS) is 19.8. The highest BCUT2D eigenvalue weighted by Gasteiger charge is 2.24. The summed E-state index contributed by atoms with van der Waals surface area (Å²) in [6, 6.07) is 8.80. The lowest BCUT2D eigenvalue weighted by molar-refractivity contribution is 0.220. The van der Waals surface area contributed by atoms with Crippen LogP contribution in [0.5, 0.6) is 5.75 Å². The quantitative estimate of drug-likeness (QED) is 0.411. The second-order valence-electron chi connectivity index (χ2n) is 8.91. The van der Waals surface area contributed by atoms with Crippen molar-refractivity contribution in [1.82, 2.24) is 30.3 Å². The lowest BCUT2D eigenvalue weighted by Crippen LogP contribution is -2.50. The number of likely N-dealkylation sites (tertiary alicyclic amines) is 1. The molecule has 1 atom stereocenters. The van der Waals surface area contributed by atoms with Crippen molar-refractivity contribution in [2.45, 2.75) is 51.7 Å². The van der Waals surface area contributed by atoms with Gasteiger partial charge in [-0.15, -0.1) is 10.2 Å². The number of hydrogen-bond donors (Lipinski definition) is 2. The standard InChI is InChI=1S/C24H35N7O/c1-17(2)16-31-12-9-19(10-13-31)26-24(25-15-23-29-28-18(3)30(23)4)27-21-11-14-32-22-8-6-5-7-20(21)22/h5-8,19,21H,1,9-16H2,2-4H3,(H2,25,26,27). The van der Waals surface area contributed by atoms with Crippen molar-refractivity contribution in [2.75, 3.05) is 26.2 Å². The summed E-state index contributed by atoms with van der Waals surface area (Å²) in [7, 11) is 1.98. The Labute approximate surface area is 190 Å². The van der Waals surface area contributed by atoms with Crippen molar-refractivity contribution >= 4 is 5.96 Å². The fourth-order valence-electron chi connectivity index (χ4n) is 4.34. The molecule has 1 unspecified atom stereocenters. The Morgan fingerprint density at radius 3 is 2.69 bits per heavy atom. The summed E-state index contributed by atoms with van der Waals surface area (Å²) in [6.07, 6.45) is 3.07. The Bertz CT molecular complexity index is 959. The van der Waals surface area contributed by atoms with Crippen LogP contribution in [0.3, 0.4) is 0 Å². The highest BCUT2D eigenvalue weighted by Crippen LogP contribution is 2.31. The van der Waals surface area contributed by atoms with Crippen LogP contribution in [0.15, 0.2) is 41.4 Å². The lowest BCUT2D eigenvalue weighted by atomic mass is 10.0. The van der Waals surface area contributed by atoms with Crippen molar-refractivity contribution in [3.05, 3.63) is 53.6 Å². The number of fused-ring (bicyclic) bond motifs is 1. The molecule has 8 heteroatoms. The SMILES string of the molecule is C=C(C)CN1CCC(NC(=NCc2nnc(C)n2C)NC2CCOc3ccccc32)CC1. The zero-order valence-corrected chi connectivity index (χ0v) is 19.5. The van der Waals surface area contributed by atoms with E-state index < -0.39 is 0 Å². The van der Waals surface area contributed by atoms with Crippen molar-refractivity contribution in [2.24, 2.45) is 12.0 Å². The minimum absolute atomic E-state index is 0.163. The van der Waals surface area contributed by atoms with Gasteiger partial charge in [0.15, 0.2) is 11.8 Å². The van der Waals surface area contributed by atoms with Crippen molar-refractivity contribution in [3.8, 4) is 5.75 Å². The molecule has 0 saturated carbocycles. The third-order valence-corrected chi connectivity index (χ3v) is 6.25. The smallest absolute Gasteiger partial charge is 0.192 e. The number of piperidine rings is 1. The van der Waals surface area contributed by atoms with Gasteiger partial charge in [0.25, 0.3) is 0 Å². The van der Waals surface area contributed by atoms with Crippen LogP contribution >= 0.6 is 0 Å². The number of guanidine groups is 1. The molecule has 1 aromatic heterocycles. The van der Waals surface area contributed by atoms with Crippen LogP contribution in [-0.4, -0.2) is 57.9 Å². The first kappa shape index (κ1) is 22.3. The number of aromatic nitrogens is 3. The van der Waals surface area contributed by atoms with Crippen LogP contribution in [0, 0.1) is 6.92 Å². The number of rotatable bonds is 6. The summed E-state index contributed by atoms with van der Waals surface area (Å²) in [5.41, 5.74) is 2.40. The highest BCUT2D eigenvalue weighted by molar-refractivity contribution is 5.80. The molecule has 0 spiro atoms. The van der Waals surface area contributed by atoms with Crippen LogP contribution in [-0.2, 0) is 13.6 Å². The molecule has 0 radical (unpaired) electrons. The van der Waals surface area contributed by atoms with E-state index in [1.165, 1.54) is 11.1 Å². The van der Waals surface area contributed by atoms with E-state index in [1.54, 1.807) is 0 Å². The van der Waals surface area contributed by atoms with Gasteiger partial charge in [0.2, 0.25) is 0 Å². The predicted octanol–water partition coefficient (Wildman–Crippen LogP) is 2.72. The minimum atomic E-state index is 0.163. The summed E-state index contributed by atoms with van der Waals surface area (Å²) in [5, 5.41) is 15.8. The average Bonchev–Trinajstić information content (AvgIpc) is 3.11. The molecular weight excluding hydrogens is 402 g/mol. The predicted molar refractivity (Wildman–Crippen MR) is 127 cm³/mol. The lowest BCUT2D eigenvalue weighted by Gasteiger charge is -2.34. The van der Waals surface area contributed by atoms with Gasteiger partial charge in [0.1, 0.15) is 18.1 Å². The van der Waals surface area contributed by atoms with Gasteiger partial charge in [-0.25, -0.2) is 4.99 Å². The Balaban J connectivity index is 1.47. The third kappa shape index (κ3) is 5.48. The molecule has 1 saturated heterocycles. The molecule has 4 rings (SSSR count). The Kier molecular flexibility index (Phi) is 7.09. The van der Waals surface area contributed by atoms with Gasteiger partial charge < -0.3 is 19.9 Å². The summed E-state index contributed by atoms with van der Waals surface area (Å²) >= 11 is 0. The molecule has 0 bridgehead atoms. The number of benzene rings is 1. The van der Waals surface area contributed by atoms with E-state index in [0.717, 1.165) is 62.3 Å². The number of nitrogens with zero attached hydrogens (tertiary/aromatic N) is 5. The summed E-state index contributed by atoms with van der Waals surface area (Å²) in [6.45, 7) is 12.4. The van der Waals surface area contributed by atoms with Gasteiger partial charge >= 0.3 is 0 Å². The fraction of sp³-hybridized carbons (Fsp3) is 0.542. The van der Waals surface area contributed by atoms with Gasteiger partial charge in [-0.3, -0.25) is 4.90 Å². The van der Waals surface area contributed by atoms with E-state index in [9.17, 15) is 0 Å². The molecular formula is C24H35N7O. The second kappa shape index (κ2) is 10.2. The fourth-order valence-corrected chi connectivity index (χ4v) is 4.34. The minimum Gasteiger partial charge on any atom is -0.493 e. The topological polar surface area (TPSA) is 79.6 Å². The van der Waals surface area contributed by atoms with Crippen LogP contribution in [0.1, 0.15) is 49.4 Å². The molecule has 2 N–H and O–H groups in total.